The zero-order valence-corrected chi connectivity index (χ0v) is 13.0. The minimum Gasteiger partial charge on any atom is -0.273 e. The van der Waals surface area contributed by atoms with Crippen LogP contribution in [0.4, 0.5) is 0 Å². The van der Waals surface area contributed by atoms with Crippen molar-refractivity contribution in [3.05, 3.63) is 34.2 Å². The van der Waals surface area contributed by atoms with Crippen LogP contribution in [0.1, 0.15) is 30.4 Å². The van der Waals surface area contributed by atoms with Crippen LogP contribution in [0.5, 0.6) is 0 Å². The van der Waals surface area contributed by atoms with Crippen molar-refractivity contribution in [2.75, 3.05) is 0 Å². The molecule has 0 saturated heterocycles. The Morgan fingerprint density at radius 1 is 1.15 bits per heavy atom. The second-order valence-electron chi connectivity index (χ2n) is 5.40. The third kappa shape index (κ3) is 2.94. The summed E-state index contributed by atoms with van der Waals surface area (Å²) < 4.78 is 0.935. The molecule has 2 N–H and O–H groups in total. The van der Waals surface area contributed by atoms with E-state index in [1.165, 1.54) is 11.3 Å². The van der Waals surface area contributed by atoms with Crippen LogP contribution in [-0.4, -0.2) is 11.8 Å². The maximum atomic E-state index is 12.1. The Balaban J connectivity index is 2.16. The second-order valence-corrected chi connectivity index (χ2v) is 6.83. The maximum Gasteiger partial charge on any atom is 0.281 e. The molecule has 2 rings (SSSR count). The van der Waals surface area contributed by atoms with Crippen molar-refractivity contribution in [2.45, 2.75) is 20.8 Å². The number of fused-ring (bicyclic) bond motifs is 1. The molecule has 2 aromatic rings. The van der Waals surface area contributed by atoms with Gasteiger partial charge in [-0.3, -0.25) is 20.4 Å². The highest BCUT2D eigenvalue weighted by Crippen LogP contribution is 2.34. The fourth-order valence-corrected chi connectivity index (χ4v) is 2.93. The van der Waals surface area contributed by atoms with Gasteiger partial charge >= 0.3 is 0 Å². The molecule has 0 aliphatic heterocycles. The van der Waals surface area contributed by atoms with Crippen molar-refractivity contribution in [3.8, 4) is 0 Å². The summed E-state index contributed by atoms with van der Waals surface area (Å²) in [4.78, 5) is 24.2. The number of carbonyl (C=O) groups is 2. The average Bonchev–Trinajstić information content (AvgIpc) is 2.72. The molecule has 0 saturated carbocycles. The molecule has 20 heavy (non-hydrogen) atoms. The Bertz CT molecular complexity index is 673. The third-order valence-electron chi connectivity index (χ3n) is 2.71. The predicted molar refractivity (Wildman–Crippen MR) is 81.9 cm³/mol. The Hall–Kier alpha value is -1.59. The monoisotopic (exact) mass is 310 g/mol. The molecule has 1 aromatic heterocycles. The van der Waals surface area contributed by atoms with Gasteiger partial charge in [-0.2, -0.15) is 0 Å². The summed E-state index contributed by atoms with van der Waals surface area (Å²) in [5, 5.41) is 1.25. The molecule has 2 amide bonds. The summed E-state index contributed by atoms with van der Waals surface area (Å²) in [7, 11) is 0. The van der Waals surface area contributed by atoms with Crippen LogP contribution >= 0.6 is 22.9 Å². The van der Waals surface area contributed by atoms with Crippen LogP contribution < -0.4 is 10.9 Å². The zero-order valence-electron chi connectivity index (χ0n) is 11.4. The smallest absolute Gasteiger partial charge is 0.273 e. The molecule has 6 heteroatoms. The summed E-state index contributed by atoms with van der Waals surface area (Å²) in [5.41, 5.74) is 4.22. The van der Waals surface area contributed by atoms with Crippen molar-refractivity contribution >= 4 is 44.8 Å². The maximum absolute atomic E-state index is 12.1. The molecule has 0 spiro atoms. The molecule has 0 atom stereocenters. The molecule has 4 nitrogen and oxygen atoms in total. The molecule has 0 fully saturated rings. The van der Waals surface area contributed by atoms with E-state index >= 15 is 0 Å². The van der Waals surface area contributed by atoms with Gasteiger partial charge in [0.2, 0.25) is 5.91 Å². The Labute approximate surface area is 126 Å². The minimum absolute atomic E-state index is 0.261. The van der Waals surface area contributed by atoms with Crippen molar-refractivity contribution in [1.82, 2.24) is 10.9 Å². The SMILES string of the molecule is CC(C)(C)C(=O)NNC(=O)c1sc2ccccc2c1Cl. The molecule has 1 aromatic carbocycles. The van der Waals surface area contributed by atoms with Crippen LogP contribution in [0.15, 0.2) is 24.3 Å². The molecule has 0 bridgehead atoms. The standard InChI is InChI=1S/C14H15ClN2O2S/c1-14(2,3)13(19)17-16-12(18)11-10(15)8-6-4-5-7-9(8)20-11/h4-7H,1-3H3,(H,16,18)(H,17,19). The van der Waals surface area contributed by atoms with Gasteiger partial charge in [0, 0.05) is 15.5 Å². The Kier molecular flexibility index (Phi) is 4.01. The average molecular weight is 311 g/mol. The van der Waals surface area contributed by atoms with Gasteiger partial charge < -0.3 is 0 Å². The lowest BCUT2D eigenvalue weighted by Crippen LogP contribution is -2.46. The second kappa shape index (κ2) is 5.42. The first-order valence-corrected chi connectivity index (χ1v) is 7.28. The van der Waals surface area contributed by atoms with Gasteiger partial charge in [0.1, 0.15) is 4.88 Å². The van der Waals surface area contributed by atoms with E-state index in [4.69, 9.17) is 11.6 Å². The van der Waals surface area contributed by atoms with Crippen LogP contribution in [0.3, 0.4) is 0 Å². The van der Waals surface area contributed by atoms with Gasteiger partial charge in [0.15, 0.2) is 0 Å². The Morgan fingerprint density at radius 3 is 2.40 bits per heavy atom. The number of carbonyl (C=O) groups excluding carboxylic acids is 2. The first-order valence-electron chi connectivity index (χ1n) is 6.08. The fraction of sp³-hybridized carbons (Fsp3) is 0.286. The van der Waals surface area contributed by atoms with Crippen molar-refractivity contribution in [3.63, 3.8) is 0 Å². The lowest BCUT2D eigenvalue weighted by molar-refractivity contribution is -0.129. The molecule has 0 unspecified atom stereocenters. The highest BCUT2D eigenvalue weighted by Gasteiger charge is 2.23. The van der Waals surface area contributed by atoms with E-state index in [-0.39, 0.29) is 5.91 Å². The minimum atomic E-state index is -0.572. The number of nitrogens with one attached hydrogen (secondary N) is 2. The van der Waals surface area contributed by atoms with Gasteiger partial charge in [-0.15, -0.1) is 11.3 Å². The number of benzene rings is 1. The molecular formula is C14H15ClN2O2S. The summed E-state index contributed by atoms with van der Waals surface area (Å²) in [6, 6.07) is 7.51. The summed E-state index contributed by atoms with van der Waals surface area (Å²) >= 11 is 7.49. The van der Waals surface area contributed by atoms with Crippen LogP contribution in [0.2, 0.25) is 5.02 Å². The van der Waals surface area contributed by atoms with Gasteiger partial charge in [0.05, 0.1) is 5.02 Å². The van der Waals surface area contributed by atoms with Crippen LogP contribution in [0, 0.1) is 5.41 Å². The zero-order chi connectivity index (χ0) is 14.9. The number of hydrazine groups is 1. The quantitative estimate of drug-likeness (QED) is 0.793. The van der Waals surface area contributed by atoms with Crippen molar-refractivity contribution in [1.29, 1.82) is 0 Å². The van der Waals surface area contributed by atoms with E-state index in [1.54, 1.807) is 20.8 Å². The number of thiophene rings is 1. The van der Waals surface area contributed by atoms with Crippen molar-refractivity contribution < 1.29 is 9.59 Å². The summed E-state index contributed by atoms with van der Waals surface area (Å²) in [5.74, 6) is -0.670. The van der Waals surface area contributed by atoms with E-state index in [1.807, 2.05) is 24.3 Å². The van der Waals surface area contributed by atoms with E-state index in [2.05, 4.69) is 10.9 Å². The van der Waals surface area contributed by atoms with Gasteiger partial charge in [-0.1, -0.05) is 50.6 Å². The van der Waals surface area contributed by atoms with E-state index in [0.717, 1.165) is 10.1 Å². The number of rotatable bonds is 1. The third-order valence-corrected chi connectivity index (χ3v) is 4.39. The number of amides is 2. The first kappa shape index (κ1) is 14.8. The van der Waals surface area contributed by atoms with E-state index < -0.39 is 11.3 Å². The number of halogens is 1. The van der Waals surface area contributed by atoms with Gasteiger partial charge in [-0.05, 0) is 6.07 Å². The predicted octanol–water partition coefficient (Wildman–Crippen LogP) is 3.36. The molecule has 0 aliphatic rings. The molecule has 0 aliphatic carbocycles. The lowest BCUT2D eigenvalue weighted by Gasteiger charge is -2.17. The molecule has 0 radical (unpaired) electrons. The normalized spacial score (nSPS) is 11.4. The Morgan fingerprint density at radius 2 is 1.80 bits per heavy atom. The van der Waals surface area contributed by atoms with Crippen LogP contribution in [0.25, 0.3) is 10.1 Å². The van der Waals surface area contributed by atoms with E-state index in [0.29, 0.717) is 9.90 Å². The molecular weight excluding hydrogens is 296 g/mol. The largest absolute Gasteiger partial charge is 0.281 e. The fourth-order valence-electron chi connectivity index (χ4n) is 1.52. The number of hydrogen-bond acceptors (Lipinski definition) is 3. The molecule has 106 valence electrons. The lowest BCUT2D eigenvalue weighted by atomic mass is 9.96. The summed E-state index contributed by atoms with van der Waals surface area (Å²) in [6.07, 6.45) is 0. The highest BCUT2D eigenvalue weighted by atomic mass is 35.5. The number of hydrogen-bond donors (Lipinski definition) is 2. The van der Waals surface area contributed by atoms with E-state index in [9.17, 15) is 9.59 Å². The van der Waals surface area contributed by atoms with Crippen LogP contribution in [-0.2, 0) is 4.79 Å². The topological polar surface area (TPSA) is 58.2 Å². The van der Waals surface area contributed by atoms with Gasteiger partial charge in [-0.25, -0.2) is 0 Å². The first-order chi connectivity index (χ1) is 9.30. The van der Waals surface area contributed by atoms with Crippen molar-refractivity contribution in [2.24, 2.45) is 5.41 Å². The molecule has 1 heterocycles. The highest BCUT2D eigenvalue weighted by molar-refractivity contribution is 7.21. The van der Waals surface area contributed by atoms with Gasteiger partial charge in [0.25, 0.3) is 5.91 Å². The summed E-state index contributed by atoms with van der Waals surface area (Å²) in [6.45, 7) is 5.29.